The van der Waals surface area contributed by atoms with Crippen LogP contribution in [-0.2, 0) is 0 Å². The quantitative estimate of drug-likeness (QED) is 0.454. The molecule has 5 rings (SSSR count). The van der Waals surface area contributed by atoms with Gasteiger partial charge in [0, 0.05) is 32.2 Å². The van der Waals surface area contributed by atoms with E-state index in [1.807, 2.05) is 42.9 Å². The summed E-state index contributed by atoms with van der Waals surface area (Å²) in [6.45, 7) is 9.18. The molecule has 0 unspecified atom stereocenters. The standard InChI is InChI=1S/C23H23FN6O.C2H6/c1-16-5-3-4-6-19(16)30-23-18(14-27-30)22(25-15-26-23)29-11-9-28(10-12-29)20-8-7-17(24)13-21(20)31-2;1-2/h3-8,13-15H,9-12H2,1-2H3;1-2H3. The zero-order valence-electron chi connectivity index (χ0n) is 19.5. The molecule has 3 heterocycles. The molecule has 0 amide bonds. The topological polar surface area (TPSA) is 59.3 Å². The summed E-state index contributed by atoms with van der Waals surface area (Å²) in [5, 5.41) is 5.53. The van der Waals surface area contributed by atoms with Crippen molar-refractivity contribution in [3.05, 3.63) is 66.4 Å². The summed E-state index contributed by atoms with van der Waals surface area (Å²) in [6.07, 6.45) is 3.44. The number of benzene rings is 2. The zero-order chi connectivity index (χ0) is 23.4. The molecule has 33 heavy (non-hydrogen) atoms. The van der Waals surface area contributed by atoms with Crippen molar-refractivity contribution in [2.75, 3.05) is 43.1 Å². The number of aromatic nitrogens is 4. The number of para-hydroxylation sites is 1. The molecule has 0 atom stereocenters. The SMILES string of the molecule is CC.COc1cc(F)ccc1N1CCN(c2ncnc3c2cnn3-c2ccccc2C)CC1. The van der Waals surface area contributed by atoms with Gasteiger partial charge in [-0.1, -0.05) is 32.0 Å². The van der Waals surface area contributed by atoms with E-state index in [2.05, 4.69) is 37.9 Å². The Morgan fingerprint density at radius 1 is 0.909 bits per heavy atom. The summed E-state index contributed by atoms with van der Waals surface area (Å²) in [5.74, 6) is 1.14. The van der Waals surface area contributed by atoms with Crippen LogP contribution in [0.3, 0.4) is 0 Å². The average Bonchev–Trinajstić information content (AvgIpc) is 3.30. The Morgan fingerprint density at radius 2 is 1.64 bits per heavy atom. The Labute approximate surface area is 193 Å². The Bertz CT molecular complexity index is 1230. The first-order valence-corrected chi connectivity index (χ1v) is 11.2. The third-order valence-electron chi connectivity index (χ3n) is 5.75. The summed E-state index contributed by atoms with van der Waals surface area (Å²) < 4.78 is 20.8. The molecule has 2 aromatic carbocycles. The maximum Gasteiger partial charge on any atom is 0.168 e. The minimum atomic E-state index is -0.298. The van der Waals surface area contributed by atoms with E-state index in [0.29, 0.717) is 5.75 Å². The molecule has 4 aromatic rings. The van der Waals surface area contributed by atoms with E-state index in [4.69, 9.17) is 4.74 Å². The Balaban J connectivity index is 0.00000126. The van der Waals surface area contributed by atoms with Crippen LogP contribution in [0.4, 0.5) is 15.9 Å². The molecule has 0 bridgehead atoms. The minimum absolute atomic E-state index is 0.298. The number of aryl methyl sites for hydroxylation is 1. The molecular formula is C25H29FN6O. The number of fused-ring (bicyclic) bond motifs is 1. The van der Waals surface area contributed by atoms with Crippen LogP contribution in [0.25, 0.3) is 16.7 Å². The number of rotatable bonds is 4. The lowest BCUT2D eigenvalue weighted by Crippen LogP contribution is -2.47. The average molecular weight is 449 g/mol. The molecule has 8 heteroatoms. The molecule has 7 nitrogen and oxygen atoms in total. The fraction of sp³-hybridized carbons (Fsp3) is 0.320. The van der Waals surface area contributed by atoms with Gasteiger partial charge in [0.15, 0.2) is 5.65 Å². The second-order valence-corrected chi connectivity index (χ2v) is 7.57. The van der Waals surface area contributed by atoms with Gasteiger partial charge in [0.1, 0.15) is 23.7 Å². The zero-order valence-corrected chi connectivity index (χ0v) is 19.5. The van der Waals surface area contributed by atoms with Crippen LogP contribution in [0, 0.1) is 12.7 Å². The number of methoxy groups -OCH3 is 1. The summed E-state index contributed by atoms with van der Waals surface area (Å²) in [5.41, 5.74) is 3.84. The molecule has 0 N–H and O–H groups in total. The fourth-order valence-electron chi connectivity index (χ4n) is 4.13. The highest BCUT2D eigenvalue weighted by Gasteiger charge is 2.23. The van der Waals surface area contributed by atoms with Gasteiger partial charge < -0.3 is 14.5 Å². The van der Waals surface area contributed by atoms with Crippen LogP contribution in [0.1, 0.15) is 19.4 Å². The second-order valence-electron chi connectivity index (χ2n) is 7.57. The maximum atomic E-state index is 13.6. The first kappa shape index (κ1) is 22.5. The highest BCUT2D eigenvalue weighted by atomic mass is 19.1. The van der Waals surface area contributed by atoms with Crippen LogP contribution < -0.4 is 14.5 Å². The maximum absolute atomic E-state index is 13.6. The van der Waals surface area contributed by atoms with Crippen molar-refractivity contribution in [1.82, 2.24) is 19.7 Å². The lowest BCUT2D eigenvalue weighted by atomic mass is 10.2. The minimum Gasteiger partial charge on any atom is -0.494 e. The van der Waals surface area contributed by atoms with Crippen molar-refractivity contribution in [2.24, 2.45) is 0 Å². The van der Waals surface area contributed by atoms with Gasteiger partial charge in [0.2, 0.25) is 0 Å². The highest BCUT2D eigenvalue weighted by molar-refractivity contribution is 5.88. The molecule has 0 saturated carbocycles. The lowest BCUT2D eigenvalue weighted by Gasteiger charge is -2.37. The van der Waals surface area contributed by atoms with Gasteiger partial charge in [0.25, 0.3) is 0 Å². The molecule has 1 aliphatic rings. The van der Waals surface area contributed by atoms with Crippen LogP contribution in [0.15, 0.2) is 55.0 Å². The molecule has 0 radical (unpaired) electrons. The molecule has 2 aromatic heterocycles. The molecule has 0 aliphatic carbocycles. The van der Waals surface area contributed by atoms with E-state index in [1.165, 1.54) is 12.1 Å². The lowest BCUT2D eigenvalue weighted by molar-refractivity contribution is 0.410. The number of piperazine rings is 1. The summed E-state index contributed by atoms with van der Waals surface area (Å²) in [6, 6.07) is 12.8. The van der Waals surface area contributed by atoms with Crippen LogP contribution >= 0.6 is 0 Å². The van der Waals surface area contributed by atoms with Gasteiger partial charge in [0.05, 0.1) is 30.1 Å². The van der Waals surface area contributed by atoms with Crippen molar-refractivity contribution < 1.29 is 9.13 Å². The molecular weight excluding hydrogens is 419 g/mol. The van der Waals surface area contributed by atoms with Crippen LogP contribution in [0.2, 0.25) is 0 Å². The molecule has 0 spiro atoms. The Kier molecular flexibility index (Phi) is 6.72. The van der Waals surface area contributed by atoms with Crippen molar-refractivity contribution in [1.29, 1.82) is 0 Å². The van der Waals surface area contributed by atoms with Gasteiger partial charge in [-0.05, 0) is 30.7 Å². The number of nitrogens with zero attached hydrogens (tertiary/aromatic N) is 6. The first-order valence-electron chi connectivity index (χ1n) is 11.2. The predicted octanol–water partition coefficient (Wildman–Crippen LogP) is 4.62. The summed E-state index contributed by atoms with van der Waals surface area (Å²) >= 11 is 0. The largest absolute Gasteiger partial charge is 0.494 e. The summed E-state index contributed by atoms with van der Waals surface area (Å²) in [4.78, 5) is 13.5. The molecule has 1 saturated heterocycles. The van der Waals surface area contributed by atoms with E-state index in [1.54, 1.807) is 19.5 Å². The van der Waals surface area contributed by atoms with Gasteiger partial charge in [-0.15, -0.1) is 0 Å². The Morgan fingerprint density at radius 3 is 2.36 bits per heavy atom. The number of hydrogen-bond acceptors (Lipinski definition) is 6. The third-order valence-corrected chi connectivity index (χ3v) is 5.75. The van der Waals surface area contributed by atoms with Gasteiger partial charge in [-0.3, -0.25) is 0 Å². The molecule has 1 fully saturated rings. The van der Waals surface area contributed by atoms with E-state index >= 15 is 0 Å². The molecule has 1 aliphatic heterocycles. The van der Waals surface area contributed by atoms with Gasteiger partial charge >= 0.3 is 0 Å². The van der Waals surface area contributed by atoms with E-state index in [-0.39, 0.29) is 5.82 Å². The Hall–Kier alpha value is -3.68. The van der Waals surface area contributed by atoms with E-state index in [9.17, 15) is 4.39 Å². The van der Waals surface area contributed by atoms with Gasteiger partial charge in [-0.25, -0.2) is 19.0 Å². The molecule has 172 valence electrons. The normalized spacial score (nSPS) is 13.6. The number of ether oxygens (including phenoxy) is 1. The number of halogens is 1. The highest BCUT2D eigenvalue weighted by Crippen LogP contribution is 2.31. The van der Waals surface area contributed by atoms with Gasteiger partial charge in [-0.2, -0.15) is 5.10 Å². The monoisotopic (exact) mass is 448 g/mol. The van der Waals surface area contributed by atoms with Crippen molar-refractivity contribution in [3.8, 4) is 11.4 Å². The van der Waals surface area contributed by atoms with Crippen LogP contribution in [0.5, 0.6) is 5.75 Å². The van der Waals surface area contributed by atoms with E-state index < -0.39 is 0 Å². The number of hydrogen-bond donors (Lipinski definition) is 0. The van der Waals surface area contributed by atoms with Crippen molar-refractivity contribution in [3.63, 3.8) is 0 Å². The first-order chi connectivity index (χ1) is 16.2. The van der Waals surface area contributed by atoms with Crippen molar-refractivity contribution >= 4 is 22.5 Å². The van der Waals surface area contributed by atoms with Crippen LogP contribution in [-0.4, -0.2) is 53.0 Å². The van der Waals surface area contributed by atoms with Crippen molar-refractivity contribution in [2.45, 2.75) is 20.8 Å². The number of anilines is 2. The van der Waals surface area contributed by atoms with E-state index in [0.717, 1.165) is 60.0 Å². The third kappa shape index (κ3) is 4.33. The summed E-state index contributed by atoms with van der Waals surface area (Å²) in [7, 11) is 1.57. The predicted molar refractivity (Wildman–Crippen MR) is 130 cm³/mol. The second kappa shape index (κ2) is 9.85. The fourth-order valence-corrected chi connectivity index (χ4v) is 4.13. The smallest absolute Gasteiger partial charge is 0.168 e.